The number of nitrogens with zero attached hydrogens (tertiary/aromatic N) is 3. The van der Waals surface area contributed by atoms with Crippen LogP contribution in [0.1, 0.15) is 5.82 Å². The Bertz CT molecular complexity index is 210. The van der Waals surface area contributed by atoms with E-state index in [1.54, 1.807) is 0 Å². The minimum atomic E-state index is 0.386. The van der Waals surface area contributed by atoms with Crippen molar-refractivity contribution in [2.24, 2.45) is 0 Å². The average Bonchev–Trinajstić information content (AvgIpc) is 1.90. The fourth-order valence-electron chi connectivity index (χ4n) is 0.350. The van der Waals surface area contributed by atoms with E-state index in [9.17, 15) is 0 Å². The van der Waals surface area contributed by atoms with Gasteiger partial charge in [0.2, 0.25) is 0 Å². The van der Waals surface area contributed by atoms with Crippen molar-refractivity contribution in [1.29, 1.82) is 0 Å². The number of aromatic nitrogens is 3. The van der Waals surface area contributed by atoms with E-state index in [0.717, 1.165) is 0 Å². The number of thiol groups is 1. The molecule has 3 nitrogen and oxygen atoms in total. The lowest BCUT2D eigenvalue weighted by Gasteiger charge is -1.88. The standard InChI is InChI=1S/C4H3N3S2/c8-4(9)3-6-1-5-2-7-3/h1-2H,(H,8,9). The van der Waals surface area contributed by atoms with Crippen LogP contribution in [0, 0.1) is 0 Å². The lowest BCUT2D eigenvalue weighted by atomic mass is 10.7. The van der Waals surface area contributed by atoms with Crippen molar-refractivity contribution >= 4 is 29.0 Å². The van der Waals surface area contributed by atoms with Crippen LogP contribution in [0.4, 0.5) is 0 Å². The van der Waals surface area contributed by atoms with Gasteiger partial charge in [-0.1, -0.05) is 12.2 Å². The van der Waals surface area contributed by atoms with Crippen LogP contribution in [0.2, 0.25) is 0 Å². The molecule has 0 atom stereocenters. The smallest absolute Gasteiger partial charge is 0.179 e. The minimum absolute atomic E-state index is 0.386. The Morgan fingerprint density at radius 1 is 1.44 bits per heavy atom. The lowest BCUT2D eigenvalue weighted by Crippen LogP contribution is -1.96. The molecule has 0 N–H and O–H groups in total. The van der Waals surface area contributed by atoms with Crippen LogP contribution in [0.15, 0.2) is 12.7 Å². The van der Waals surface area contributed by atoms with E-state index in [4.69, 9.17) is 0 Å². The van der Waals surface area contributed by atoms with Crippen LogP contribution in [0.3, 0.4) is 0 Å². The number of hydrogen-bond donors (Lipinski definition) is 1. The first kappa shape index (κ1) is 6.57. The Labute approximate surface area is 63.0 Å². The summed E-state index contributed by atoms with van der Waals surface area (Å²) in [5.74, 6) is 0.448. The van der Waals surface area contributed by atoms with Gasteiger partial charge >= 0.3 is 0 Å². The second-order valence-electron chi connectivity index (χ2n) is 1.27. The molecule has 9 heavy (non-hydrogen) atoms. The summed E-state index contributed by atoms with van der Waals surface area (Å²) in [7, 11) is 0. The van der Waals surface area contributed by atoms with Crippen LogP contribution in [-0.4, -0.2) is 19.1 Å². The van der Waals surface area contributed by atoms with E-state index in [-0.39, 0.29) is 0 Å². The van der Waals surface area contributed by atoms with Crippen molar-refractivity contribution in [1.82, 2.24) is 15.0 Å². The molecule has 0 aliphatic rings. The Balaban J connectivity index is 2.98. The summed E-state index contributed by atoms with van der Waals surface area (Å²) in [4.78, 5) is 11.1. The third kappa shape index (κ3) is 1.69. The van der Waals surface area contributed by atoms with E-state index in [0.29, 0.717) is 10.0 Å². The van der Waals surface area contributed by atoms with Crippen molar-refractivity contribution in [3.8, 4) is 0 Å². The number of rotatable bonds is 1. The highest BCUT2D eigenvalue weighted by Crippen LogP contribution is 1.92. The Hall–Kier alpha value is -0.550. The quantitative estimate of drug-likeness (QED) is 0.475. The normalized spacial score (nSPS) is 9.00. The molecule has 0 bridgehead atoms. The molecule has 0 fully saturated rings. The molecule has 0 aromatic carbocycles. The van der Waals surface area contributed by atoms with Gasteiger partial charge in [0.05, 0.1) is 0 Å². The average molecular weight is 157 g/mol. The molecule has 1 aromatic heterocycles. The van der Waals surface area contributed by atoms with Gasteiger partial charge in [0.1, 0.15) is 16.9 Å². The van der Waals surface area contributed by atoms with Crippen molar-refractivity contribution in [2.45, 2.75) is 0 Å². The fraction of sp³-hybridized carbons (Fsp3) is 0. The zero-order chi connectivity index (χ0) is 6.69. The summed E-state index contributed by atoms with van der Waals surface area (Å²) in [5, 5.41) is 0. The van der Waals surface area contributed by atoms with E-state index < -0.39 is 0 Å². The highest BCUT2D eigenvalue weighted by atomic mass is 32.1. The second kappa shape index (κ2) is 2.84. The number of thiocarbonyl (C=S) groups is 1. The molecule has 0 saturated heterocycles. The van der Waals surface area contributed by atoms with Crippen molar-refractivity contribution in [2.75, 3.05) is 0 Å². The monoisotopic (exact) mass is 157 g/mol. The third-order valence-corrected chi connectivity index (χ3v) is 1.07. The molecule has 46 valence electrons. The van der Waals surface area contributed by atoms with Gasteiger partial charge < -0.3 is 0 Å². The summed E-state index contributed by atoms with van der Waals surface area (Å²) in [6, 6.07) is 0. The Morgan fingerprint density at radius 3 is 2.33 bits per heavy atom. The van der Waals surface area contributed by atoms with Crippen LogP contribution in [0.5, 0.6) is 0 Å². The first-order valence-corrected chi connectivity index (χ1v) is 3.01. The zero-order valence-electron chi connectivity index (χ0n) is 4.35. The van der Waals surface area contributed by atoms with E-state index in [1.807, 2.05) is 0 Å². The van der Waals surface area contributed by atoms with Crippen LogP contribution < -0.4 is 0 Å². The summed E-state index contributed by atoms with van der Waals surface area (Å²) >= 11 is 8.54. The minimum Gasteiger partial charge on any atom is -0.225 e. The zero-order valence-corrected chi connectivity index (χ0v) is 6.06. The first-order valence-electron chi connectivity index (χ1n) is 2.16. The molecule has 0 aliphatic heterocycles. The molecule has 1 heterocycles. The van der Waals surface area contributed by atoms with Gasteiger partial charge in [0.15, 0.2) is 5.82 Å². The van der Waals surface area contributed by atoms with Crippen molar-refractivity contribution in [3.05, 3.63) is 18.5 Å². The maximum absolute atomic E-state index is 4.67. The van der Waals surface area contributed by atoms with E-state index >= 15 is 0 Å². The predicted molar refractivity (Wildman–Crippen MR) is 40.5 cm³/mol. The summed E-state index contributed by atoms with van der Waals surface area (Å²) in [5.41, 5.74) is 0. The molecular weight excluding hydrogens is 154 g/mol. The SMILES string of the molecule is S=C(S)c1ncncn1. The van der Waals surface area contributed by atoms with Gasteiger partial charge in [0, 0.05) is 0 Å². The van der Waals surface area contributed by atoms with Crippen LogP contribution >= 0.6 is 24.8 Å². The van der Waals surface area contributed by atoms with Crippen molar-refractivity contribution in [3.63, 3.8) is 0 Å². The number of hydrogen-bond acceptors (Lipinski definition) is 4. The Kier molecular flexibility index (Phi) is 2.07. The van der Waals surface area contributed by atoms with E-state index in [1.165, 1.54) is 12.7 Å². The molecule has 5 heteroatoms. The fourth-order valence-corrected chi connectivity index (χ4v) is 0.571. The lowest BCUT2D eigenvalue weighted by molar-refractivity contribution is 1.03. The molecule has 0 spiro atoms. The molecule has 0 saturated carbocycles. The van der Waals surface area contributed by atoms with Gasteiger partial charge in [-0.3, -0.25) is 0 Å². The van der Waals surface area contributed by atoms with Gasteiger partial charge in [0.25, 0.3) is 0 Å². The topological polar surface area (TPSA) is 38.7 Å². The molecular formula is C4H3N3S2. The van der Waals surface area contributed by atoms with Crippen LogP contribution in [0.25, 0.3) is 0 Å². The third-order valence-electron chi connectivity index (χ3n) is 0.685. The molecule has 1 aromatic rings. The summed E-state index contributed by atoms with van der Waals surface area (Å²) in [6.07, 6.45) is 2.76. The van der Waals surface area contributed by atoms with E-state index in [2.05, 4.69) is 39.8 Å². The van der Waals surface area contributed by atoms with Gasteiger partial charge in [-0.15, -0.1) is 12.6 Å². The molecule has 0 radical (unpaired) electrons. The van der Waals surface area contributed by atoms with Gasteiger partial charge in [-0.25, -0.2) is 15.0 Å². The summed E-state index contributed by atoms with van der Waals surface area (Å²) < 4.78 is 0.386. The molecule has 1 rings (SSSR count). The predicted octanol–water partition coefficient (Wildman–Crippen LogP) is 0.477. The highest BCUT2D eigenvalue weighted by Gasteiger charge is 1.94. The Morgan fingerprint density at radius 2 is 2.00 bits per heavy atom. The molecule has 0 amide bonds. The molecule has 0 aliphatic carbocycles. The van der Waals surface area contributed by atoms with Crippen molar-refractivity contribution < 1.29 is 0 Å². The first-order chi connectivity index (χ1) is 4.30. The van der Waals surface area contributed by atoms with Gasteiger partial charge in [-0.2, -0.15) is 0 Å². The summed E-state index contributed by atoms with van der Waals surface area (Å²) in [6.45, 7) is 0. The maximum atomic E-state index is 4.67. The highest BCUT2D eigenvalue weighted by molar-refractivity contribution is 8.11. The largest absolute Gasteiger partial charge is 0.225 e. The molecule has 0 unspecified atom stereocenters. The second-order valence-corrected chi connectivity index (χ2v) is 2.42. The van der Waals surface area contributed by atoms with Crippen LogP contribution in [-0.2, 0) is 0 Å². The van der Waals surface area contributed by atoms with Gasteiger partial charge in [-0.05, 0) is 0 Å². The maximum Gasteiger partial charge on any atom is 0.179 e.